The maximum atomic E-state index is 13.4. The lowest BCUT2D eigenvalue weighted by atomic mass is 10.1. The minimum absolute atomic E-state index is 0.00254. The van der Waals surface area contributed by atoms with Crippen LogP contribution in [0.5, 0.6) is 5.75 Å². The van der Waals surface area contributed by atoms with Crippen molar-refractivity contribution in [1.29, 1.82) is 0 Å². The number of carbonyl (C=O) groups excluding carboxylic acids is 1. The summed E-state index contributed by atoms with van der Waals surface area (Å²) in [6, 6.07) is 5.08. The molecular weight excluding hydrogens is 481 g/mol. The summed E-state index contributed by atoms with van der Waals surface area (Å²) in [5.74, 6) is 0.0867. The van der Waals surface area contributed by atoms with Gasteiger partial charge < -0.3 is 24.5 Å². The van der Waals surface area contributed by atoms with Gasteiger partial charge in [0.2, 0.25) is 5.89 Å². The van der Waals surface area contributed by atoms with E-state index in [9.17, 15) is 18.0 Å². The van der Waals surface area contributed by atoms with Gasteiger partial charge in [-0.1, -0.05) is 0 Å². The lowest BCUT2D eigenvalue weighted by molar-refractivity contribution is -0.140. The van der Waals surface area contributed by atoms with Crippen molar-refractivity contribution < 1.29 is 31.9 Å². The van der Waals surface area contributed by atoms with Crippen LogP contribution in [0, 0.1) is 0 Å². The summed E-state index contributed by atoms with van der Waals surface area (Å²) in [6.07, 6.45) is -3.01. The average Bonchev–Trinajstić information content (AvgIpc) is 3.49. The third-order valence-corrected chi connectivity index (χ3v) is 6.54. The maximum absolute atomic E-state index is 13.4. The standard InChI is InChI=1S/C23H25F3N4O4Si/c1-3-33-22(35)14-5-4-10-30(14)21(31)19-16(11-27)34-20(29-19)13-6-8-15(32-2)18-12(13)7-9-17(28-18)23(24,25)26/h6-9,14H,3-5,10-11,27,35H2,1-2H3/t14-/m0/s1. The number of aromatic nitrogens is 2. The summed E-state index contributed by atoms with van der Waals surface area (Å²) in [5, 5.41) is 1.12. The van der Waals surface area contributed by atoms with E-state index in [0.29, 0.717) is 24.1 Å². The van der Waals surface area contributed by atoms with Crippen LogP contribution in [0.3, 0.4) is 0 Å². The zero-order chi connectivity index (χ0) is 25.3. The molecule has 0 aliphatic carbocycles. The van der Waals surface area contributed by atoms with E-state index >= 15 is 0 Å². The summed E-state index contributed by atoms with van der Waals surface area (Å²) in [7, 11) is 2.97. The fraction of sp³-hybridized carbons (Fsp3) is 0.391. The number of pyridine rings is 1. The van der Waals surface area contributed by atoms with Crippen LogP contribution in [-0.2, 0) is 17.5 Å². The van der Waals surface area contributed by atoms with Gasteiger partial charge in [0.1, 0.15) is 17.0 Å². The first-order chi connectivity index (χ1) is 16.7. The number of benzene rings is 1. The average molecular weight is 507 g/mol. The van der Waals surface area contributed by atoms with Crippen molar-refractivity contribution in [3.63, 3.8) is 0 Å². The molecule has 1 aromatic carbocycles. The molecule has 1 aliphatic heterocycles. The number of oxazole rings is 1. The smallest absolute Gasteiger partial charge is 0.433 e. The molecule has 1 amide bonds. The molecule has 0 unspecified atom stereocenters. The zero-order valence-electron chi connectivity index (χ0n) is 19.3. The summed E-state index contributed by atoms with van der Waals surface area (Å²) in [5.41, 5.74) is 5.25. The first-order valence-electron chi connectivity index (χ1n) is 11.1. The Morgan fingerprint density at radius 2 is 2.06 bits per heavy atom. The van der Waals surface area contributed by atoms with E-state index in [4.69, 9.17) is 19.6 Å². The predicted molar refractivity (Wildman–Crippen MR) is 126 cm³/mol. The van der Waals surface area contributed by atoms with Gasteiger partial charge in [0, 0.05) is 27.3 Å². The van der Waals surface area contributed by atoms with E-state index in [2.05, 4.69) is 9.97 Å². The molecule has 2 aromatic heterocycles. The number of carbonyl (C=O) groups is 1. The Kier molecular flexibility index (Phi) is 6.95. The molecule has 3 aromatic rings. The Balaban J connectivity index is 1.77. The van der Waals surface area contributed by atoms with Gasteiger partial charge in [-0.15, -0.1) is 0 Å². The van der Waals surface area contributed by atoms with Crippen LogP contribution < -0.4 is 10.5 Å². The lowest BCUT2D eigenvalue weighted by Gasteiger charge is -2.25. The third kappa shape index (κ3) is 4.67. The Hall–Kier alpha value is -3.25. The van der Waals surface area contributed by atoms with E-state index < -0.39 is 11.9 Å². The molecule has 12 heteroatoms. The molecule has 2 N–H and O–H groups in total. The minimum Gasteiger partial charge on any atom is -0.502 e. The zero-order valence-corrected chi connectivity index (χ0v) is 20.7. The minimum atomic E-state index is -4.62. The highest BCUT2D eigenvalue weighted by Crippen LogP contribution is 2.37. The van der Waals surface area contributed by atoms with Crippen molar-refractivity contribution in [3.8, 4) is 17.2 Å². The van der Waals surface area contributed by atoms with Gasteiger partial charge in [-0.25, -0.2) is 9.97 Å². The number of amides is 1. The topological polar surface area (TPSA) is 104 Å². The van der Waals surface area contributed by atoms with Crippen molar-refractivity contribution in [2.75, 3.05) is 20.3 Å². The van der Waals surface area contributed by atoms with Gasteiger partial charge in [-0.2, -0.15) is 13.2 Å². The number of methoxy groups -OCH3 is 1. The van der Waals surface area contributed by atoms with Crippen LogP contribution >= 0.6 is 0 Å². The second-order valence-electron chi connectivity index (χ2n) is 7.96. The Bertz CT molecular complexity index is 1280. The van der Waals surface area contributed by atoms with Crippen LogP contribution in [0.15, 0.2) is 28.7 Å². The molecule has 8 nitrogen and oxygen atoms in total. The van der Waals surface area contributed by atoms with Crippen LogP contribution in [-0.4, -0.2) is 62.3 Å². The molecule has 0 spiro atoms. The second-order valence-corrected chi connectivity index (χ2v) is 8.65. The molecule has 35 heavy (non-hydrogen) atoms. The number of ether oxygens (including phenoxy) is 2. The van der Waals surface area contributed by atoms with E-state index in [0.717, 1.165) is 24.3 Å². The number of hydrogen-bond acceptors (Lipinski definition) is 7. The first-order valence-corrected chi connectivity index (χ1v) is 11.8. The highest BCUT2D eigenvalue weighted by molar-refractivity contribution is 6.36. The van der Waals surface area contributed by atoms with Gasteiger partial charge >= 0.3 is 6.18 Å². The number of nitrogens with zero attached hydrogens (tertiary/aromatic N) is 3. The molecule has 0 radical (unpaired) electrons. The highest BCUT2D eigenvalue weighted by atomic mass is 28.1. The number of alkyl halides is 3. The molecule has 186 valence electrons. The van der Waals surface area contributed by atoms with E-state index in [1.165, 1.54) is 19.2 Å². The molecule has 1 fully saturated rings. The molecule has 1 saturated heterocycles. The molecule has 1 atom stereocenters. The summed E-state index contributed by atoms with van der Waals surface area (Å²) >= 11 is 0. The molecule has 3 heterocycles. The number of nitrogens with two attached hydrogens (primary N) is 1. The van der Waals surface area contributed by atoms with Gasteiger partial charge in [0.25, 0.3) is 5.91 Å². The summed E-state index contributed by atoms with van der Waals surface area (Å²) in [4.78, 5) is 23.3. The number of likely N-dealkylation sites (tertiary alicyclic amines) is 1. The number of fused-ring (bicyclic) bond motifs is 1. The van der Waals surface area contributed by atoms with Crippen molar-refractivity contribution in [2.24, 2.45) is 5.73 Å². The Morgan fingerprint density at radius 1 is 1.29 bits per heavy atom. The van der Waals surface area contributed by atoms with Crippen LogP contribution in [0.25, 0.3) is 22.4 Å². The maximum Gasteiger partial charge on any atom is 0.433 e. The van der Waals surface area contributed by atoms with E-state index in [1.807, 2.05) is 6.92 Å². The number of rotatable bonds is 7. The first kappa shape index (κ1) is 24.9. The van der Waals surface area contributed by atoms with Crippen molar-refractivity contribution in [3.05, 3.63) is 41.4 Å². The Morgan fingerprint density at radius 3 is 2.71 bits per heavy atom. The fourth-order valence-corrected chi connectivity index (χ4v) is 4.86. The highest BCUT2D eigenvalue weighted by Gasteiger charge is 2.36. The van der Waals surface area contributed by atoms with Crippen molar-refractivity contribution >= 4 is 32.0 Å². The van der Waals surface area contributed by atoms with Crippen molar-refractivity contribution in [1.82, 2.24) is 14.9 Å². The van der Waals surface area contributed by atoms with E-state index in [-0.39, 0.29) is 47.1 Å². The summed E-state index contributed by atoms with van der Waals surface area (Å²) in [6.45, 7) is 2.86. The second kappa shape index (κ2) is 9.78. The Labute approximate surface area is 202 Å². The SMILES string of the molecule is CCOC(=[SiH2])[C@@H]1CCCN1C(=O)c1nc(-c2ccc(OC)c3nc(C(F)(F)F)ccc23)oc1CN. The van der Waals surface area contributed by atoms with E-state index in [1.54, 1.807) is 20.8 Å². The number of hydrogen-bond donors (Lipinski definition) is 1. The summed E-state index contributed by atoms with van der Waals surface area (Å²) < 4.78 is 56.5. The molecule has 1 aliphatic rings. The monoisotopic (exact) mass is 506 g/mol. The molecular formula is C23H25F3N4O4Si. The normalized spacial score (nSPS) is 16.1. The van der Waals surface area contributed by atoms with Crippen LogP contribution in [0.1, 0.15) is 41.7 Å². The quantitative estimate of drug-likeness (QED) is 0.492. The largest absolute Gasteiger partial charge is 0.502 e. The van der Waals surface area contributed by atoms with Gasteiger partial charge in [0.15, 0.2) is 11.5 Å². The van der Waals surface area contributed by atoms with Gasteiger partial charge in [-0.05, 0) is 44.0 Å². The predicted octanol–water partition coefficient (Wildman–Crippen LogP) is 2.78. The fourth-order valence-electron chi connectivity index (χ4n) is 4.24. The van der Waals surface area contributed by atoms with Gasteiger partial charge in [0.05, 0.1) is 31.7 Å². The van der Waals surface area contributed by atoms with Gasteiger partial charge in [-0.3, -0.25) is 4.79 Å². The molecule has 0 bridgehead atoms. The third-order valence-electron chi connectivity index (χ3n) is 5.86. The lowest BCUT2D eigenvalue weighted by Crippen LogP contribution is -2.42. The molecule has 4 rings (SSSR count). The number of halogens is 3. The molecule has 0 saturated carbocycles. The van der Waals surface area contributed by atoms with Crippen LogP contribution in [0.4, 0.5) is 13.2 Å². The van der Waals surface area contributed by atoms with Crippen LogP contribution in [0.2, 0.25) is 0 Å². The van der Waals surface area contributed by atoms with Crippen molar-refractivity contribution in [2.45, 2.75) is 38.5 Å².